The molecule has 4 aromatic rings. The second-order valence-electron chi connectivity index (χ2n) is 8.63. The first-order valence-corrected chi connectivity index (χ1v) is 11.5. The summed E-state index contributed by atoms with van der Waals surface area (Å²) in [6.45, 7) is 3.99. The summed E-state index contributed by atoms with van der Waals surface area (Å²) in [6, 6.07) is 10.4. The number of ether oxygens (including phenoxy) is 1. The first kappa shape index (κ1) is 22.0. The number of hydrogen-bond donors (Lipinski definition) is 1. The number of aromatic nitrogens is 5. The Morgan fingerprint density at radius 2 is 1.79 bits per heavy atom. The lowest BCUT2D eigenvalue weighted by Gasteiger charge is -2.23. The average Bonchev–Trinajstić information content (AvgIpc) is 3.30. The van der Waals surface area contributed by atoms with E-state index in [2.05, 4.69) is 20.5 Å². The van der Waals surface area contributed by atoms with Gasteiger partial charge in [-0.2, -0.15) is 0 Å². The van der Waals surface area contributed by atoms with E-state index < -0.39 is 0 Å². The zero-order chi connectivity index (χ0) is 23.7. The zero-order valence-electron chi connectivity index (χ0n) is 19.5. The van der Waals surface area contributed by atoms with Gasteiger partial charge >= 0.3 is 0 Å². The molecule has 3 heterocycles. The lowest BCUT2D eigenvalue weighted by atomic mass is 9.90. The second-order valence-corrected chi connectivity index (χ2v) is 8.63. The van der Waals surface area contributed by atoms with E-state index in [4.69, 9.17) is 9.72 Å². The average molecular weight is 459 g/mol. The van der Waals surface area contributed by atoms with Crippen LogP contribution in [0.25, 0.3) is 17.1 Å². The van der Waals surface area contributed by atoms with Crippen LogP contribution in [-0.4, -0.2) is 31.8 Å². The van der Waals surface area contributed by atoms with Crippen molar-refractivity contribution < 1.29 is 9.13 Å². The molecule has 0 saturated carbocycles. The molecule has 174 valence electrons. The number of fused-ring (bicyclic) bond motifs is 1. The standard InChI is InChI=1S/C26H27FN6O/c1-16-14-33(15-28-16)23-13-12-22(30-26(23)34-3)24-20-6-4-5-7-21(20)25(32-31-24)29-17(2)18-8-10-19(27)11-9-18/h8-15,17H,4-7H2,1-3H3,(H,29,32)/t17-/m0/s1. The van der Waals surface area contributed by atoms with Gasteiger partial charge in [-0.15, -0.1) is 10.2 Å². The maximum absolute atomic E-state index is 13.3. The van der Waals surface area contributed by atoms with Crippen LogP contribution in [0.5, 0.6) is 5.88 Å². The lowest BCUT2D eigenvalue weighted by Crippen LogP contribution is -2.16. The molecule has 1 aliphatic carbocycles. The van der Waals surface area contributed by atoms with E-state index in [1.54, 1.807) is 25.6 Å². The minimum atomic E-state index is -0.241. The number of aryl methyl sites for hydroxylation is 1. The van der Waals surface area contributed by atoms with E-state index in [1.807, 2.05) is 36.7 Å². The van der Waals surface area contributed by atoms with Crippen LogP contribution in [0, 0.1) is 12.7 Å². The first-order chi connectivity index (χ1) is 16.5. The Bertz CT molecular complexity index is 1320. The molecule has 0 radical (unpaired) electrons. The first-order valence-electron chi connectivity index (χ1n) is 11.5. The number of methoxy groups -OCH3 is 1. The van der Waals surface area contributed by atoms with Crippen molar-refractivity contribution in [3.8, 4) is 23.0 Å². The normalized spacial score (nSPS) is 13.9. The highest BCUT2D eigenvalue weighted by molar-refractivity contribution is 5.67. The van der Waals surface area contributed by atoms with Crippen molar-refractivity contribution in [3.05, 3.63) is 77.1 Å². The van der Waals surface area contributed by atoms with Crippen molar-refractivity contribution in [3.63, 3.8) is 0 Å². The van der Waals surface area contributed by atoms with E-state index in [-0.39, 0.29) is 11.9 Å². The van der Waals surface area contributed by atoms with Crippen molar-refractivity contribution >= 4 is 5.82 Å². The molecule has 8 heteroatoms. The molecular weight excluding hydrogens is 431 g/mol. The minimum absolute atomic E-state index is 0.0251. The van der Waals surface area contributed by atoms with E-state index in [9.17, 15) is 4.39 Å². The van der Waals surface area contributed by atoms with Gasteiger partial charge in [-0.1, -0.05) is 12.1 Å². The molecule has 0 bridgehead atoms. The monoisotopic (exact) mass is 458 g/mol. The molecule has 1 aliphatic rings. The number of rotatable bonds is 6. The van der Waals surface area contributed by atoms with Crippen molar-refractivity contribution in [1.29, 1.82) is 0 Å². The topological polar surface area (TPSA) is 77.8 Å². The molecule has 0 amide bonds. The fourth-order valence-electron chi connectivity index (χ4n) is 4.48. The molecule has 0 saturated heterocycles. The van der Waals surface area contributed by atoms with Crippen LogP contribution in [0.4, 0.5) is 10.2 Å². The van der Waals surface area contributed by atoms with Crippen molar-refractivity contribution in [1.82, 2.24) is 24.7 Å². The van der Waals surface area contributed by atoms with Gasteiger partial charge in [0.15, 0.2) is 5.82 Å². The van der Waals surface area contributed by atoms with Crippen LogP contribution in [0.2, 0.25) is 0 Å². The summed E-state index contributed by atoms with van der Waals surface area (Å²) in [5.41, 5.74) is 6.62. The highest BCUT2D eigenvalue weighted by atomic mass is 19.1. The predicted molar refractivity (Wildman–Crippen MR) is 129 cm³/mol. The molecule has 7 nitrogen and oxygen atoms in total. The Kier molecular flexibility index (Phi) is 5.96. The Labute approximate surface area is 198 Å². The van der Waals surface area contributed by atoms with Crippen LogP contribution in [0.1, 0.15) is 48.2 Å². The van der Waals surface area contributed by atoms with Gasteiger partial charge in [0.1, 0.15) is 17.2 Å². The summed E-state index contributed by atoms with van der Waals surface area (Å²) in [6.07, 6.45) is 7.74. The fraction of sp³-hybridized carbons (Fsp3) is 0.308. The third-order valence-corrected chi connectivity index (χ3v) is 6.28. The van der Waals surface area contributed by atoms with Crippen LogP contribution < -0.4 is 10.1 Å². The van der Waals surface area contributed by atoms with Gasteiger partial charge in [0, 0.05) is 11.8 Å². The molecule has 1 atom stereocenters. The van der Waals surface area contributed by atoms with Crippen LogP contribution in [0.3, 0.4) is 0 Å². The molecule has 1 aromatic carbocycles. The second kappa shape index (κ2) is 9.21. The van der Waals surface area contributed by atoms with Gasteiger partial charge in [0.2, 0.25) is 5.88 Å². The number of nitrogens with zero attached hydrogens (tertiary/aromatic N) is 5. The fourth-order valence-corrected chi connectivity index (χ4v) is 4.48. The maximum atomic E-state index is 13.3. The largest absolute Gasteiger partial charge is 0.479 e. The summed E-state index contributed by atoms with van der Waals surface area (Å²) in [4.78, 5) is 9.07. The molecule has 5 rings (SSSR count). The van der Waals surface area contributed by atoms with Gasteiger partial charge in [0.25, 0.3) is 0 Å². The molecule has 1 N–H and O–H groups in total. The number of imidazole rings is 1. The van der Waals surface area contributed by atoms with E-state index >= 15 is 0 Å². The number of nitrogens with one attached hydrogen (secondary N) is 1. The number of pyridine rings is 1. The van der Waals surface area contributed by atoms with Crippen LogP contribution in [-0.2, 0) is 12.8 Å². The Balaban J connectivity index is 1.50. The Hall–Kier alpha value is -3.81. The number of benzene rings is 1. The van der Waals surface area contributed by atoms with Crippen molar-refractivity contribution in [2.75, 3.05) is 12.4 Å². The highest BCUT2D eigenvalue weighted by Gasteiger charge is 2.23. The van der Waals surface area contributed by atoms with Gasteiger partial charge in [-0.05, 0) is 74.9 Å². The summed E-state index contributed by atoms with van der Waals surface area (Å²) < 4.78 is 20.8. The molecule has 0 unspecified atom stereocenters. The smallest absolute Gasteiger partial charge is 0.238 e. The quantitative estimate of drug-likeness (QED) is 0.426. The third-order valence-electron chi connectivity index (χ3n) is 6.28. The van der Waals surface area contributed by atoms with Crippen molar-refractivity contribution in [2.45, 2.75) is 45.6 Å². The van der Waals surface area contributed by atoms with Gasteiger partial charge in [-0.25, -0.2) is 14.4 Å². The molecule has 3 aromatic heterocycles. The summed E-state index contributed by atoms with van der Waals surface area (Å²) in [7, 11) is 1.62. The summed E-state index contributed by atoms with van der Waals surface area (Å²) in [5.74, 6) is 1.05. The lowest BCUT2D eigenvalue weighted by molar-refractivity contribution is 0.396. The third kappa shape index (κ3) is 4.23. The van der Waals surface area contributed by atoms with Crippen LogP contribution in [0.15, 0.2) is 48.9 Å². The van der Waals surface area contributed by atoms with Crippen molar-refractivity contribution in [2.24, 2.45) is 0 Å². The van der Waals surface area contributed by atoms with E-state index in [0.29, 0.717) is 5.88 Å². The summed E-state index contributed by atoms with van der Waals surface area (Å²) >= 11 is 0. The number of hydrogen-bond acceptors (Lipinski definition) is 6. The van der Waals surface area contributed by atoms with Gasteiger partial charge < -0.3 is 14.6 Å². The van der Waals surface area contributed by atoms with E-state index in [1.165, 1.54) is 23.3 Å². The molecular formula is C26H27FN6O. The molecule has 0 aliphatic heterocycles. The SMILES string of the molecule is COc1nc(-c2nnc(N[C@@H](C)c3ccc(F)cc3)c3c2CCCC3)ccc1-n1cnc(C)c1. The number of halogens is 1. The zero-order valence-corrected chi connectivity index (χ0v) is 19.5. The van der Waals surface area contributed by atoms with E-state index in [0.717, 1.165) is 59.8 Å². The van der Waals surface area contributed by atoms with Gasteiger partial charge in [0.05, 0.1) is 30.9 Å². The Morgan fingerprint density at radius 1 is 1.03 bits per heavy atom. The minimum Gasteiger partial charge on any atom is -0.479 e. The van der Waals surface area contributed by atoms with Gasteiger partial charge in [-0.3, -0.25) is 0 Å². The maximum Gasteiger partial charge on any atom is 0.238 e. The van der Waals surface area contributed by atoms with Crippen LogP contribution >= 0.6 is 0 Å². The summed E-state index contributed by atoms with van der Waals surface area (Å²) in [5, 5.41) is 12.6. The molecule has 34 heavy (non-hydrogen) atoms. The molecule has 0 spiro atoms. The molecule has 0 fully saturated rings. The predicted octanol–water partition coefficient (Wildman–Crippen LogP) is 5.23. The number of anilines is 1. The Morgan fingerprint density at radius 3 is 2.50 bits per heavy atom. The highest BCUT2D eigenvalue weighted by Crippen LogP contribution is 2.35.